The van der Waals surface area contributed by atoms with Gasteiger partial charge in [0.25, 0.3) is 5.91 Å². The molecule has 0 aliphatic carbocycles. The van der Waals surface area contributed by atoms with Crippen molar-refractivity contribution in [2.75, 3.05) is 6.54 Å². The summed E-state index contributed by atoms with van der Waals surface area (Å²) in [4.78, 5) is 12.1. The molecule has 0 fully saturated rings. The molecule has 0 aliphatic heterocycles. The van der Waals surface area contributed by atoms with Gasteiger partial charge < -0.3 is 9.84 Å². The van der Waals surface area contributed by atoms with Crippen LogP contribution in [0, 0.1) is 33.6 Å². The highest BCUT2D eigenvalue weighted by Gasteiger charge is 2.18. The van der Waals surface area contributed by atoms with Crippen LogP contribution in [0.2, 0.25) is 0 Å². The number of rotatable bonds is 5. The van der Waals surface area contributed by atoms with Crippen LogP contribution in [-0.2, 0) is 6.54 Å². The highest BCUT2D eigenvalue weighted by atomic mass is 16.5. The van der Waals surface area contributed by atoms with Crippen molar-refractivity contribution in [2.24, 2.45) is 5.92 Å². The largest absolute Gasteiger partial charge is 0.361 e. The Bertz CT molecular complexity index is 623. The second kappa shape index (κ2) is 6.11. The minimum absolute atomic E-state index is 0.133. The molecule has 0 radical (unpaired) electrons. The molecule has 0 aromatic carbocycles. The first-order valence-electron chi connectivity index (χ1n) is 7.10. The number of aromatic nitrogens is 3. The van der Waals surface area contributed by atoms with Gasteiger partial charge in [-0.1, -0.05) is 12.1 Å². The molecule has 0 aliphatic rings. The average molecular weight is 290 g/mol. The van der Waals surface area contributed by atoms with Crippen molar-refractivity contribution in [3.63, 3.8) is 0 Å². The molecule has 1 amide bonds. The van der Waals surface area contributed by atoms with Crippen molar-refractivity contribution in [1.82, 2.24) is 20.3 Å². The van der Waals surface area contributed by atoms with Crippen LogP contribution in [0.1, 0.15) is 40.1 Å². The van der Waals surface area contributed by atoms with E-state index in [2.05, 4.69) is 28.6 Å². The van der Waals surface area contributed by atoms with Gasteiger partial charge in [0.05, 0.1) is 11.4 Å². The van der Waals surface area contributed by atoms with E-state index < -0.39 is 0 Å². The monoisotopic (exact) mass is 290 g/mol. The summed E-state index contributed by atoms with van der Waals surface area (Å²) >= 11 is 0. The Kier molecular flexibility index (Phi) is 4.45. The van der Waals surface area contributed by atoms with E-state index in [1.54, 1.807) is 13.8 Å². The molecule has 21 heavy (non-hydrogen) atoms. The van der Waals surface area contributed by atoms with Crippen LogP contribution in [0.5, 0.6) is 0 Å². The predicted octanol–water partition coefficient (Wildman–Crippen LogP) is 2.17. The van der Waals surface area contributed by atoms with E-state index in [1.165, 1.54) is 0 Å². The summed E-state index contributed by atoms with van der Waals surface area (Å²) < 4.78 is 6.99. The molecule has 2 rings (SSSR count). The Balaban J connectivity index is 1.91. The normalized spacial score (nSPS) is 12.4. The maximum absolute atomic E-state index is 12.1. The van der Waals surface area contributed by atoms with Crippen molar-refractivity contribution in [3.05, 3.63) is 34.5 Å². The predicted molar refractivity (Wildman–Crippen MR) is 79.2 cm³/mol. The van der Waals surface area contributed by atoms with E-state index in [4.69, 9.17) is 4.52 Å². The highest BCUT2D eigenvalue weighted by molar-refractivity contribution is 5.96. The van der Waals surface area contributed by atoms with Gasteiger partial charge >= 0.3 is 0 Å². The topological polar surface area (TPSA) is 73.0 Å². The lowest BCUT2D eigenvalue weighted by molar-refractivity contribution is 0.0944. The van der Waals surface area contributed by atoms with E-state index in [0.717, 1.165) is 17.9 Å². The lowest BCUT2D eigenvalue weighted by Crippen LogP contribution is -2.30. The molecule has 6 heteroatoms. The van der Waals surface area contributed by atoms with Gasteiger partial charge in [-0.3, -0.25) is 9.48 Å². The molecule has 2 aromatic heterocycles. The summed E-state index contributed by atoms with van der Waals surface area (Å²) in [5.74, 6) is 0.704. The fourth-order valence-electron chi connectivity index (χ4n) is 2.38. The summed E-state index contributed by atoms with van der Waals surface area (Å²) in [6, 6.07) is 2.05. The number of hydrogen-bond donors (Lipinski definition) is 1. The van der Waals surface area contributed by atoms with E-state index in [0.29, 0.717) is 23.6 Å². The second-order valence-corrected chi connectivity index (χ2v) is 5.62. The zero-order valence-electron chi connectivity index (χ0n) is 13.2. The van der Waals surface area contributed by atoms with Crippen molar-refractivity contribution < 1.29 is 9.32 Å². The summed E-state index contributed by atoms with van der Waals surface area (Å²) in [6.45, 7) is 11.0. The number of aryl methyl sites for hydroxylation is 4. The molecule has 0 saturated heterocycles. The average Bonchev–Trinajstić information content (AvgIpc) is 2.89. The van der Waals surface area contributed by atoms with Gasteiger partial charge in [0.1, 0.15) is 11.3 Å². The number of amides is 1. The van der Waals surface area contributed by atoms with E-state index in [9.17, 15) is 4.79 Å². The number of nitrogens with zero attached hydrogens (tertiary/aromatic N) is 3. The van der Waals surface area contributed by atoms with Crippen LogP contribution >= 0.6 is 0 Å². The third-order valence-corrected chi connectivity index (χ3v) is 3.46. The molecule has 1 atom stereocenters. The maximum Gasteiger partial charge on any atom is 0.256 e. The first kappa shape index (κ1) is 15.3. The molecule has 1 unspecified atom stereocenters. The van der Waals surface area contributed by atoms with Gasteiger partial charge in [-0.25, -0.2) is 0 Å². The van der Waals surface area contributed by atoms with Crippen LogP contribution in [0.15, 0.2) is 10.6 Å². The molecule has 2 heterocycles. The molecule has 6 nitrogen and oxygen atoms in total. The standard InChI is InChI=1S/C15H22N4O2/c1-9(8-19-11(3)6-10(2)17-19)7-16-15(20)14-12(4)18-21-13(14)5/h6,9H,7-8H2,1-5H3,(H,16,20). The minimum atomic E-state index is -0.133. The molecule has 0 spiro atoms. The Labute approximate surface area is 124 Å². The summed E-state index contributed by atoms with van der Waals surface area (Å²) in [5, 5.41) is 11.2. The zero-order valence-corrected chi connectivity index (χ0v) is 13.2. The van der Waals surface area contributed by atoms with E-state index in [1.807, 2.05) is 18.5 Å². The van der Waals surface area contributed by atoms with Gasteiger partial charge in [0.15, 0.2) is 0 Å². The van der Waals surface area contributed by atoms with Gasteiger partial charge in [0.2, 0.25) is 0 Å². The summed E-state index contributed by atoms with van der Waals surface area (Å²) in [7, 11) is 0. The zero-order chi connectivity index (χ0) is 15.6. The van der Waals surface area contributed by atoms with Crippen molar-refractivity contribution >= 4 is 5.91 Å². The fourth-order valence-corrected chi connectivity index (χ4v) is 2.38. The molecule has 1 N–H and O–H groups in total. The minimum Gasteiger partial charge on any atom is -0.361 e. The van der Waals surface area contributed by atoms with Crippen LogP contribution in [0.3, 0.4) is 0 Å². The Morgan fingerprint density at radius 1 is 1.38 bits per heavy atom. The van der Waals surface area contributed by atoms with Crippen LogP contribution in [0.25, 0.3) is 0 Å². The SMILES string of the molecule is Cc1cc(C)n(CC(C)CNC(=O)c2c(C)noc2C)n1. The number of hydrogen-bond acceptors (Lipinski definition) is 4. The van der Waals surface area contributed by atoms with E-state index >= 15 is 0 Å². The summed E-state index contributed by atoms with van der Waals surface area (Å²) in [6.07, 6.45) is 0. The lowest BCUT2D eigenvalue weighted by atomic mass is 10.1. The first-order valence-corrected chi connectivity index (χ1v) is 7.10. The van der Waals surface area contributed by atoms with Gasteiger partial charge in [-0.2, -0.15) is 5.10 Å². The number of nitrogens with one attached hydrogen (secondary N) is 1. The van der Waals surface area contributed by atoms with Crippen LogP contribution in [0.4, 0.5) is 0 Å². The Morgan fingerprint density at radius 2 is 2.10 bits per heavy atom. The van der Waals surface area contributed by atoms with Gasteiger partial charge in [0, 0.05) is 18.8 Å². The Morgan fingerprint density at radius 3 is 2.62 bits per heavy atom. The van der Waals surface area contributed by atoms with E-state index in [-0.39, 0.29) is 11.8 Å². The molecule has 0 saturated carbocycles. The van der Waals surface area contributed by atoms with Gasteiger partial charge in [-0.15, -0.1) is 0 Å². The quantitative estimate of drug-likeness (QED) is 0.916. The van der Waals surface area contributed by atoms with Crippen molar-refractivity contribution in [1.29, 1.82) is 0 Å². The molecule has 114 valence electrons. The number of carbonyl (C=O) groups is 1. The fraction of sp³-hybridized carbons (Fsp3) is 0.533. The molecular formula is C15H22N4O2. The second-order valence-electron chi connectivity index (χ2n) is 5.62. The molecule has 2 aromatic rings. The smallest absolute Gasteiger partial charge is 0.256 e. The first-order chi connectivity index (χ1) is 9.88. The number of carbonyl (C=O) groups excluding carboxylic acids is 1. The molecule has 0 bridgehead atoms. The lowest BCUT2D eigenvalue weighted by Gasteiger charge is -2.14. The van der Waals surface area contributed by atoms with Crippen LogP contribution < -0.4 is 5.32 Å². The third kappa shape index (κ3) is 3.51. The van der Waals surface area contributed by atoms with Crippen molar-refractivity contribution in [2.45, 2.75) is 41.2 Å². The highest BCUT2D eigenvalue weighted by Crippen LogP contribution is 2.12. The third-order valence-electron chi connectivity index (χ3n) is 3.46. The maximum atomic E-state index is 12.1. The molecular weight excluding hydrogens is 268 g/mol. The summed E-state index contributed by atoms with van der Waals surface area (Å²) in [5.41, 5.74) is 3.31. The Hall–Kier alpha value is -2.11. The van der Waals surface area contributed by atoms with Crippen molar-refractivity contribution in [3.8, 4) is 0 Å². The van der Waals surface area contributed by atoms with Crippen LogP contribution in [-0.4, -0.2) is 27.4 Å². The van der Waals surface area contributed by atoms with Gasteiger partial charge in [-0.05, 0) is 39.7 Å².